The summed E-state index contributed by atoms with van der Waals surface area (Å²) >= 11 is 0. The fraction of sp³-hybridized carbons (Fsp3) is 0.818. The summed E-state index contributed by atoms with van der Waals surface area (Å²) in [4.78, 5) is 13.3. The van der Waals surface area contributed by atoms with Crippen molar-refractivity contribution in [3.63, 3.8) is 0 Å². The van der Waals surface area contributed by atoms with Crippen molar-refractivity contribution in [2.75, 3.05) is 39.4 Å². The number of nitrogens with zero attached hydrogens (tertiary/aromatic N) is 2. The Balaban J connectivity index is 0.00000256. The van der Waals surface area contributed by atoms with Crippen molar-refractivity contribution < 1.29 is 65.4 Å². The van der Waals surface area contributed by atoms with Crippen molar-refractivity contribution in [2.24, 2.45) is 0 Å². The average Bonchev–Trinajstić information content (AvgIpc) is 2.29. The minimum absolute atomic E-state index is 0. The van der Waals surface area contributed by atoms with Gasteiger partial charge in [-0.05, 0) is 0 Å². The summed E-state index contributed by atoms with van der Waals surface area (Å²) in [5.74, 6) is 0.0581. The standard InChI is InChI=1S/C11H20FN2O2.K/c1-2-3-9-16-10-4-11(15)13-5-7-14(12)8-6-13;/h1-10H2;/q-1;+1. The van der Waals surface area contributed by atoms with Crippen LogP contribution in [0.5, 0.6) is 0 Å². The van der Waals surface area contributed by atoms with Gasteiger partial charge in [0, 0.05) is 32.8 Å². The van der Waals surface area contributed by atoms with Gasteiger partial charge >= 0.3 is 51.4 Å². The van der Waals surface area contributed by atoms with E-state index in [2.05, 4.69) is 6.92 Å². The number of hydrogen-bond acceptors (Lipinski definition) is 3. The van der Waals surface area contributed by atoms with Crippen molar-refractivity contribution >= 4 is 5.91 Å². The third kappa shape index (κ3) is 7.87. The summed E-state index contributed by atoms with van der Waals surface area (Å²) < 4.78 is 18.0. The van der Waals surface area contributed by atoms with Gasteiger partial charge in [-0.15, -0.1) is 9.60 Å². The predicted molar refractivity (Wildman–Crippen MR) is 59.3 cm³/mol. The van der Waals surface area contributed by atoms with Crippen molar-refractivity contribution in [3.8, 4) is 0 Å². The average molecular weight is 270 g/mol. The molecule has 1 fully saturated rings. The second kappa shape index (κ2) is 10.8. The topological polar surface area (TPSA) is 32.8 Å². The molecule has 1 heterocycles. The molecule has 1 saturated heterocycles. The van der Waals surface area contributed by atoms with Crippen LogP contribution in [-0.2, 0) is 9.53 Å². The van der Waals surface area contributed by atoms with E-state index >= 15 is 0 Å². The second-order valence-corrected chi connectivity index (χ2v) is 3.86. The quantitative estimate of drug-likeness (QED) is 0.243. The fourth-order valence-corrected chi connectivity index (χ4v) is 1.56. The maximum absolute atomic E-state index is 12.7. The van der Waals surface area contributed by atoms with E-state index < -0.39 is 0 Å². The molecule has 0 spiro atoms. The third-order valence-electron chi connectivity index (χ3n) is 2.58. The van der Waals surface area contributed by atoms with E-state index in [0.717, 1.165) is 18.0 Å². The second-order valence-electron chi connectivity index (χ2n) is 3.86. The van der Waals surface area contributed by atoms with Crippen LogP contribution in [-0.4, -0.2) is 55.3 Å². The molecule has 0 bridgehead atoms. The number of rotatable bonds is 6. The van der Waals surface area contributed by atoms with Gasteiger partial charge in [-0.3, -0.25) is 4.79 Å². The van der Waals surface area contributed by atoms with Gasteiger partial charge in [0.1, 0.15) is 0 Å². The largest absolute Gasteiger partial charge is 1.00 e. The number of halogens is 1. The third-order valence-corrected chi connectivity index (χ3v) is 2.58. The van der Waals surface area contributed by atoms with Crippen LogP contribution in [0, 0.1) is 6.92 Å². The molecule has 0 aromatic heterocycles. The van der Waals surface area contributed by atoms with Crippen LogP contribution in [0.4, 0.5) is 4.48 Å². The molecular weight excluding hydrogens is 250 g/mol. The summed E-state index contributed by atoms with van der Waals surface area (Å²) in [5, 5.41) is 0.745. The van der Waals surface area contributed by atoms with E-state index in [0.29, 0.717) is 45.8 Å². The minimum atomic E-state index is 0. The molecule has 0 saturated carbocycles. The first-order valence-corrected chi connectivity index (χ1v) is 5.79. The Labute approximate surface area is 145 Å². The molecule has 94 valence electrons. The van der Waals surface area contributed by atoms with Gasteiger partial charge in [-0.1, -0.05) is 6.42 Å². The summed E-state index contributed by atoms with van der Waals surface area (Å²) in [6, 6.07) is 0. The van der Waals surface area contributed by atoms with Gasteiger partial charge in [0.2, 0.25) is 5.91 Å². The van der Waals surface area contributed by atoms with Crippen LogP contribution >= 0.6 is 0 Å². The van der Waals surface area contributed by atoms with Crippen LogP contribution in [0.1, 0.15) is 19.3 Å². The smallest absolute Gasteiger partial charge is 0.381 e. The zero-order chi connectivity index (χ0) is 11.8. The van der Waals surface area contributed by atoms with Crippen molar-refractivity contribution in [2.45, 2.75) is 19.3 Å². The Kier molecular flexibility index (Phi) is 11.5. The van der Waals surface area contributed by atoms with Gasteiger partial charge in [0.05, 0.1) is 13.0 Å². The summed E-state index contributed by atoms with van der Waals surface area (Å²) in [6.07, 6.45) is 2.17. The zero-order valence-electron chi connectivity index (χ0n) is 10.7. The molecule has 4 nitrogen and oxygen atoms in total. The molecular formula is C11H20FKN2O2. The predicted octanol–water partition coefficient (Wildman–Crippen LogP) is -1.96. The van der Waals surface area contributed by atoms with Crippen molar-refractivity contribution in [1.82, 2.24) is 10.0 Å². The maximum atomic E-state index is 12.7. The molecule has 1 amide bonds. The molecule has 0 N–H and O–H groups in total. The molecule has 1 rings (SSSR count). The molecule has 0 radical (unpaired) electrons. The van der Waals surface area contributed by atoms with Gasteiger partial charge in [0.15, 0.2) is 0 Å². The summed E-state index contributed by atoms with van der Waals surface area (Å²) in [7, 11) is 0. The molecule has 0 aromatic carbocycles. The number of carbonyl (C=O) groups excluding carboxylic acids is 1. The first-order chi connectivity index (χ1) is 7.74. The normalized spacial score (nSPS) is 16.7. The molecule has 0 aliphatic carbocycles. The molecule has 6 heteroatoms. The Bertz CT molecular complexity index is 212. The number of unbranched alkanes of at least 4 members (excludes halogenated alkanes) is 1. The number of hydrogen-bond donors (Lipinski definition) is 0. The fourth-order valence-electron chi connectivity index (χ4n) is 1.56. The van der Waals surface area contributed by atoms with E-state index in [1.807, 2.05) is 0 Å². The van der Waals surface area contributed by atoms with Gasteiger partial charge < -0.3 is 16.6 Å². The van der Waals surface area contributed by atoms with E-state index in [9.17, 15) is 9.28 Å². The summed E-state index contributed by atoms with van der Waals surface area (Å²) in [5.41, 5.74) is 0. The van der Waals surface area contributed by atoms with Crippen LogP contribution in [0.2, 0.25) is 0 Å². The van der Waals surface area contributed by atoms with E-state index in [1.165, 1.54) is 0 Å². The molecule has 17 heavy (non-hydrogen) atoms. The summed E-state index contributed by atoms with van der Waals surface area (Å²) in [6.45, 7) is 6.41. The van der Waals surface area contributed by atoms with Gasteiger partial charge in [0.25, 0.3) is 0 Å². The number of ether oxygens (including phenoxy) is 1. The van der Waals surface area contributed by atoms with Crippen molar-refractivity contribution in [3.05, 3.63) is 6.92 Å². The van der Waals surface area contributed by atoms with Crippen LogP contribution in [0.3, 0.4) is 0 Å². The monoisotopic (exact) mass is 270 g/mol. The van der Waals surface area contributed by atoms with E-state index in [1.54, 1.807) is 4.90 Å². The number of carbonyl (C=O) groups is 1. The zero-order valence-corrected chi connectivity index (χ0v) is 13.8. The molecule has 0 aromatic rings. The Morgan fingerprint density at radius 3 is 2.47 bits per heavy atom. The van der Waals surface area contributed by atoms with E-state index in [-0.39, 0.29) is 57.3 Å². The first-order valence-electron chi connectivity index (χ1n) is 5.79. The molecule has 0 atom stereocenters. The molecule has 0 unspecified atom stereocenters. The van der Waals surface area contributed by atoms with E-state index in [4.69, 9.17) is 4.74 Å². The SMILES string of the molecule is [CH2-]CCCOCCC(=O)N1CCN(F)CC1.[K+]. The Hall–Kier alpha value is 0.956. The van der Waals surface area contributed by atoms with Gasteiger partial charge in [-0.2, -0.15) is 6.42 Å². The van der Waals surface area contributed by atoms with Gasteiger partial charge in [-0.25, -0.2) is 0 Å². The Morgan fingerprint density at radius 1 is 1.24 bits per heavy atom. The van der Waals surface area contributed by atoms with Crippen molar-refractivity contribution in [1.29, 1.82) is 0 Å². The minimum Gasteiger partial charge on any atom is -0.381 e. The van der Waals surface area contributed by atoms with Crippen LogP contribution in [0.25, 0.3) is 0 Å². The molecule has 1 aliphatic heterocycles. The Morgan fingerprint density at radius 2 is 1.88 bits per heavy atom. The first kappa shape index (κ1) is 18.0. The van der Waals surface area contributed by atoms with Crippen LogP contribution < -0.4 is 51.4 Å². The number of piperazine rings is 1. The number of amides is 1. The van der Waals surface area contributed by atoms with Crippen LogP contribution in [0.15, 0.2) is 0 Å². The molecule has 1 aliphatic rings. The maximum Gasteiger partial charge on any atom is 1.00 e.